The molecule has 0 aromatic heterocycles. The molecule has 0 saturated carbocycles. The Hall–Kier alpha value is -3.20. The number of ether oxygens (including phenoxy) is 1. The molecule has 0 spiro atoms. The molecular weight excluding hydrogens is 311 g/mol. The number of carbonyl (C=O) groups is 2. The van der Waals surface area contributed by atoms with Crippen LogP contribution in [0.2, 0.25) is 0 Å². The molecule has 6 heteroatoms. The van der Waals surface area contributed by atoms with Crippen molar-refractivity contribution in [2.75, 3.05) is 18.1 Å². The highest BCUT2D eigenvalue weighted by atomic mass is 19.1. The number of amides is 1. The number of carbonyl (C=O) groups excluding carboxylic acids is 2. The number of anilines is 1. The van der Waals surface area contributed by atoms with E-state index >= 15 is 0 Å². The minimum absolute atomic E-state index is 0.0985. The van der Waals surface area contributed by atoms with E-state index in [1.54, 1.807) is 37.3 Å². The van der Waals surface area contributed by atoms with E-state index in [4.69, 9.17) is 10.00 Å². The van der Waals surface area contributed by atoms with Gasteiger partial charge in [-0.05, 0) is 37.3 Å². The van der Waals surface area contributed by atoms with Gasteiger partial charge in [0.1, 0.15) is 5.82 Å². The van der Waals surface area contributed by atoms with Crippen LogP contribution < -0.4 is 4.90 Å². The molecular formula is C18H15FN2O3. The van der Waals surface area contributed by atoms with Crippen molar-refractivity contribution >= 4 is 17.6 Å². The SMILES string of the molecule is CCN(C(=O)COC(=O)c1ccc(C#N)cc1F)c1ccccc1. The molecule has 2 aromatic carbocycles. The van der Waals surface area contributed by atoms with Gasteiger partial charge in [0.15, 0.2) is 6.61 Å². The van der Waals surface area contributed by atoms with Crippen molar-refractivity contribution in [2.24, 2.45) is 0 Å². The van der Waals surface area contributed by atoms with Crippen LogP contribution in [-0.2, 0) is 9.53 Å². The predicted molar refractivity (Wildman–Crippen MR) is 85.9 cm³/mol. The van der Waals surface area contributed by atoms with Crippen molar-refractivity contribution in [3.8, 4) is 6.07 Å². The van der Waals surface area contributed by atoms with E-state index in [0.717, 1.165) is 12.1 Å². The van der Waals surface area contributed by atoms with Gasteiger partial charge in [-0.15, -0.1) is 0 Å². The molecule has 1 amide bonds. The Balaban J connectivity index is 2.03. The third-order valence-electron chi connectivity index (χ3n) is 3.33. The zero-order valence-electron chi connectivity index (χ0n) is 13.0. The lowest BCUT2D eigenvalue weighted by atomic mass is 10.1. The number of para-hydroxylation sites is 1. The largest absolute Gasteiger partial charge is 0.452 e. The molecule has 0 radical (unpaired) electrons. The fourth-order valence-electron chi connectivity index (χ4n) is 2.14. The highest BCUT2D eigenvalue weighted by Gasteiger charge is 2.18. The van der Waals surface area contributed by atoms with Crippen LogP contribution in [0.3, 0.4) is 0 Å². The maximum atomic E-state index is 13.8. The average Bonchev–Trinajstić information content (AvgIpc) is 2.61. The summed E-state index contributed by atoms with van der Waals surface area (Å²) in [4.78, 5) is 25.6. The fourth-order valence-corrected chi connectivity index (χ4v) is 2.14. The van der Waals surface area contributed by atoms with Gasteiger partial charge in [0.25, 0.3) is 5.91 Å². The maximum Gasteiger partial charge on any atom is 0.341 e. The first-order chi connectivity index (χ1) is 11.6. The van der Waals surface area contributed by atoms with Gasteiger partial charge >= 0.3 is 5.97 Å². The average molecular weight is 326 g/mol. The number of rotatable bonds is 5. The first-order valence-electron chi connectivity index (χ1n) is 7.29. The third kappa shape index (κ3) is 3.96. The minimum Gasteiger partial charge on any atom is -0.452 e. The molecule has 2 rings (SSSR count). The van der Waals surface area contributed by atoms with Crippen molar-refractivity contribution < 1.29 is 18.7 Å². The number of nitriles is 1. The summed E-state index contributed by atoms with van der Waals surface area (Å²) in [6, 6.07) is 14.1. The predicted octanol–water partition coefficient (Wildman–Crippen LogP) is 2.91. The molecule has 0 fully saturated rings. The Morgan fingerprint density at radius 3 is 2.50 bits per heavy atom. The summed E-state index contributed by atoms with van der Waals surface area (Å²) in [6.07, 6.45) is 0. The van der Waals surface area contributed by atoms with Crippen molar-refractivity contribution in [3.05, 3.63) is 65.5 Å². The number of likely N-dealkylation sites (N-methyl/N-ethyl adjacent to an activating group) is 1. The quantitative estimate of drug-likeness (QED) is 0.792. The van der Waals surface area contributed by atoms with Gasteiger partial charge in [-0.1, -0.05) is 18.2 Å². The summed E-state index contributed by atoms with van der Waals surface area (Å²) in [6.45, 7) is 1.71. The van der Waals surface area contributed by atoms with Gasteiger partial charge in [-0.3, -0.25) is 4.79 Å². The molecule has 0 aliphatic carbocycles. The lowest BCUT2D eigenvalue weighted by Crippen LogP contribution is -2.34. The second kappa shape index (κ2) is 7.88. The number of esters is 1. The highest BCUT2D eigenvalue weighted by molar-refractivity contribution is 5.97. The number of hydrogen-bond acceptors (Lipinski definition) is 4. The number of benzene rings is 2. The summed E-state index contributed by atoms with van der Waals surface area (Å²) in [5, 5.41) is 8.68. The van der Waals surface area contributed by atoms with E-state index in [1.165, 1.54) is 11.0 Å². The van der Waals surface area contributed by atoms with Crippen molar-refractivity contribution in [1.29, 1.82) is 5.26 Å². The van der Waals surface area contributed by atoms with Crippen LogP contribution in [0.25, 0.3) is 0 Å². The molecule has 0 N–H and O–H groups in total. The minimum atomic E-state index is -0.950. The molecule has 0 saturated heterocycles. The first-order valence-corrected chi connectivity index (χ1v) is 7.29. The summed E-state index contributed by atoms with van der Waals surface area (Å²) in [5.41, 5.74) is 0.469. The molecule has 2 aromatic rings. The van der Waals surface area contributed by atoms with Gasteiger partial charge in [0.05, 0.1) is 17.2 Å². The van der Waals surface area contributed by atoms with Crippen LogP contribution in [0.1, 0.15) is 22.8 Å². The molecule has 0 bridgehead atoms. The van der Waals surface area contributed by atoms with Gasteiger partial charge in [0, 0.05) is 12.2 Å². The molecule has 24 heavy (non-hydrogen) atoms. The fraction of sp³-hybridized carbons (Fsp3) is 0.167. The second-order valence-electron chi connectivity index (χ2n) is 4.86. The van der Waals surface area contributed by atoms with Crippen molar-refractivity contribution in [2.45, 2.75) is 6.92 Å². The maximum absolute atomic E-state index is 13.8. The molecule has 0 unspecified atom stereocenters. The molecule has 0 aliphatic heterocycles. The van der Waals surface area contributed by atoms with Gasteiger partial charge in [-0.2, -0.15) is 5.26 Å². The van der Waals surface area contributed by atoms with Crippen molar-refractivity contribution in [1.82, 2.24) is 0 Å². The van der Waals surface area contributed by atoms with Gasteiger partial charge in [-0.25, -0.2) is 9.18 Å². The van der Waals surface area contributed by atoms with Crippen LogP contribution >= 0.6 is 0 Å². The van der Waals surface area contributed by atoms with Crippen LogP contribution in [0.5, 0.6) is 0 Å². The van der Waals surface area contributed by atoms with Gasteiger partial charge in [0.2, 0.25) is 0 Å². The molecule has 0 aliphatic rings. The van der Waals surface area contributed by atoms with E-state index < -0.39 is 24.3 Å². The Labute approximate surface area is 138 Å². The Morgan fingerprint density at radius 1 is 1.21 bits per heavy atom. The summed E-state index contributed by atoms with van der Waals surface area (Å²) >= 11 is 0. The second-order valence-corrected chi connectivity index (χ2v) is 4.86. The van der Waals surface area contributed by atoms with E-state index in [-0.39, 0.29) is 11.1 Å². The Morgan fingerprint density at radius 2 is 1.92 bits per heavy atom. The van der Waals surface area contributed by atoms with E-state index in [2.05, 4.69) is 0 Å². The summed E-state index contributed by atoms with van der Waals surface area (Å²) in [7, 11) is 0. The zero-order chi connectivity index (χ0) is 17.5. The molecule has 5 nitrogen and oxygen atoms in total. The lowest BCUT2D eigenvalue weighted by Gasteiger charge is -2.20. The van der Waals surface area contributed by atoms with Crippen LogP contribution in [-0.4, -0.2) is 25.0 Å². The number of hydrogen-bond donors (Lipinski definition) is 0. The zero-order valence-corrected chi connectivity index (χ0v) is 13.0. The van der Waals surface area contributed by atoms with E-state index in [9.17, 15) is 14.0 Å². The van der Waals surface area contributed by atoms with Crippen molar-refractivity contribution in [3.63, 3.8) is 0 Å². The topological polar surface area (TPSA) is 70.4 Å². The molecule has 0 heterocycles. The monoisotopic (exact) mass is 326 g/mol. The van der Waals surface area contributed by atoms with Crippen LogP contribution in [0.4, 0.5) is 10.1 Å². The van der Waals surface area contributed by atoms with Crippen LogP contribution in [0.15, 0.2) is 48.5 Å². The van der Waals surface area contributed by atoms with E-state index in [1.807, 2.05) is 6.07 Å². The number of nitrogens with zero attached hydrogens (tertiary/aromatic N) is 2. The lowest BCUT2D eigenvalue weighted by molar-refractivity contribution is -0.121. The molecule has 0 atom stereocenters. The smallest absolute Gasteiger partial charge is 0.341 e. The van der Waals surface area contributed by atoms with Gasteiger partial charge < -0.3 is 9.64 Å². The normalized spacial score (nSPS) is 9.88. The Kier molecular flexibility index (Phi) is 5.63. The summed E-state index contributed by atoms with van der Waals surface area (Å²) < 4.78 is 18.6. The summed E-state index contributed by atoms with van der Waals surface area (Å²) in [5.74, 6) is -2.22. The highest BCUT2D eigenvalue weighted by Crippen LogP contribution is 2.14. The standard InChI is InChI=1S/C18H15FN2O3/c1-2-21(14-6-4-3-5-7-14)17(22)12-24-18(23)15-9-8-13(11-20)10-16(15)19/h3-10H,2,12H2,1H3. The first kappa shape index (κ1) is 17.2. The Bertz CT molecular complexity index is 785. The van der Waals surface area contributed by atoms with Crippen LogP contribution in [0, 0.1) is 17.1 Å². The third-order valence-corrected chi connectivity index (χ3v) is 3.33. The molecule has 122 valence electrons. The van der Waals surface area contributed by atoms with E-state index in [0.29, 0.717) is 12.2 Å². The number of halogens is 1.